The summed E-state index contributed by atoms with van der Waals surface area (Å²) in [5, 5.41) is 0. The molecule has 0 aromatic carbocycles. The van der Waals surface area contributed by atoms with Crippen molar-refractivity contribution in [2.75, 3.05) is 25.9 Å². The molecule has 0 bridgehead atoms. The molecule has 0 aromatic rings. The minimum absolute atomic E-state index is 0.0132. The highest BCUT2D eigenvalue weighted by Gasteiger charge is 2.15. The highest BCUT2D eigenvalue weighted by molar-refractivity contribution is 7.89. The van der Waals surface area contributed by atoms with Gasteiger partial charge in [0.1, 0.15) is 18.0 Å². The Morgan fingerprint density at radius 3 is 1.22 bits per heavy atom. The molecule has 0 spiro atoms. The first-order chi connectivity index (χ1) is 28.5. The van der Waals surface area contributed by atoms with Gasteiger partial charge in [-0.25, -0.2) is 8.42 Å². The molecule has 0 aromatic heterocycles. The molecule has 0 rings (SSSR count). The van der Waals surface area contributed by atoms with Gasteiger partial charge in [-0.3, -0.25) is 9.59 Å². The molecule has 9 nitrogen and oxygen atoms in total. The Morgan fingerprint density at radius 2 is 0.814 bits per heavy atom. The van der Waals surface area contributed by atoms with Crippen LogP contribution in [0.5, 0.6) is 0 Å². The van der Waals surface area contributed by atoms with E-state index in [4.69, 9.17) is 15.2 Å². The largest absolute Gasteiger partial charge is 0.462 e. The number of ether oxygens (including phenoxy) is 2. The first kappa shape index (κ1) is 57.3. The van der Waals surface area contributed by atoms with Gasteiger partial charge >= 0.3 is 11.9 Å². The van der Waals surface area contributed by atoms with E-state index in [-0.39, 0.29) is 30.0 Å². The number of hydrogen-bond donors (Lipinski definition) is 1. The van der Waals surface area contributed by atoms with Crippen LogP contribution in [0.2, 0.25) is 0 Å². The second-order valence-corrected chi connectivity index (χ2v) is 19.2. The average molecular weight is 856 g/mol. The summed E-state index contributed by atoms with van der Waals surface area (Å²) in [6.45, 7) is 11.7. The molecule has 1 unspecified atom stereocenters. The Morgan fingerprint density at radius 1 is 0.475 bits per heavy atom. The second kappa shape index (κ2) is 41.7. The van der Waals surface area contributed by atoms with E-state index in [2.05, 4.69) is 37.0 Å². The first-order valence-corrected chi connectivity index (χ1v) is 27.0. The topological polar surface area (TPSA) is 128 Å². The van der Waals surface area contributed by atoms with Gasteiger partial charge in [-0.15, -0.1) is 0 Å². The maximum Gasteiger partial charge on any atom is 0.306 e. The molecule has 0 saturated heterocycles. The lowest BCUT2D eigenvalue weighted by molar-refractivity contribution is -0.150. The van der Waals surface area contributed by atoms with Gasteiger partial charge in [0.15, 0.2) is 0 Å². The molecule has 350 valence electrons. The van der Waals surface area contributed by atoms with Crippen molar-refractivity contribution < 1.29 is 27.5 Å². The fourth-order valence-corrected chi connectivity index (χ4v) is 8.42. The van der Waals surface area contributed by atoms with Gasteiger partial charge in [-0.2, -0.15) is 4.40 Å². The summed E-state index contributed by atoms with van der Waals surface area (Å²) < 4.78 is 38.5. The third-order valence-corrected chi connectivity index (χ3v) is 12.2. The fraction of sp³-hybridized carbons (Fsp3) is 0.939. The summed E-state index contributed by atoms with van der Waals surface area (Å²) in [4.78, 5) is 27.8. The molecule has 0 aliphatic heterocycles. The third kappa shape index (κ3) is 41.4. The van der Waals surface area contributed by atoms with Gasteiger partial charge in [0.05, 0.1) is 6.26 Å². The Labute approximate surface area is 366 Å². The number of hydrogen-bond acceptors (Lipinski definition) is 7. The number of nitrogens with zero attached hydrogens (tertiary/aromatic N) is 2. The van der Waals surface area contributed by atoms with E-state index < -0.39 is 10.0 Å². The van der Waals surface area contributed by atoms with Crippen molar-refractivity contribution in [1.29, 1.82) is 0 Å². The summed E-state index contributed by atoms with van der Waals surface area (Å²) in [5.74, 6) is 0.118. The van der Waals surface area contributed by atoms with Gasteiger partial charge in [-0.05, 0) is 96.7 Å². The summed E-state index contributed by atoms with van der Waals surface area (Å²) >= 11 is 0. The summed E-state index contributed by atoms with van der Waals surface area (Å²) in [7, 11) is -3.48. The molecule has 1 atom stereocenters. The van der Waals surface area contributed by atoms with Crippen molar-refractivity contribution in [2.45, 2.75) is 271 Å². The van der Waals surface area contributed by atoms with Crippen LogP contribution in [0.1, 0.15) is 259 Å². The molecule has 0 fully saturated rings. The number of amidine groups is 1. The first-order valence-electron chi connectivity index (χ1n) is 25.2. The molecule has 0 aliphatic rings. The van der Waals surface area contributed by atoms with E-state index in [0.29, 0.717) is 19.3 Å². The number of esters is 2. The minimum atomic E-state index is -3.48. The molecule has 0 radical (unpaired) electrons. The quantitative estimate of drug-likeness (QED) is 0.0277. The summed E-state index contributed by atoms with van der Waals surface area (Å²) in [6, 6.07) is 0. The zero-order chi connectivity index (χ0) is 43.7. The van der Waals surface area contributed by atoms with Crippen molar-refractivity contribution in [3.63, 3.8) is 0 Å². The van der Waals surface area contributed by atoms with E-state index in [9.17, 15) is 18.0 Å². The number of unbranched alkanes of at least 4 members (excludes halogenated alkanes) is 23. The lowest BCUT2D eigenvalue weighted by Crippen LogP contribution is -2.28. The van der Waals surface area contributed by atoms with Crippen LogP contribution in [0.4, 0.5) is 0 Å². The van der Waals surface area contributed by atoms with E-state index in [0.717, 1.165) is 141 Å². The van der Waals surface area contributed by atoms with Crippen molar-refractivity contribution >= 4 is 27.8 Å². The van der Waals surface area contributed by atoms with Crippen molar-refractivity contribution in [2.24, 2.45) is 10.1 Å². The highest BCUT2D eigenvalue weighted by atomic mass is 32.2. The maximum atomic E-state index is 12.8. The molecule has 0 aliphatic carbocycles. The zero-order valence-corrected chi connectivity index (χ0v) is 40.4. The molecular formula is C49H97N3O6S. The lowest BCUT2D eigenvalue weighted by Gasteiger charge is -2.22. The van der Waals surface area contributed by atoms with Gasteiger partial charge in [0, 0.05) is 19.3 Å². The summed E-state index contributed by atoms with van der Waals surface area (Å²) in [5.41, 5.74) is 5.90. The standard InChI is InChI=1S/C49H97N3O6S/c1-6-10-13-16-21-28-36-45(9-4)57-48(53)40-31-24-19-26-33-42-52(44-35-39-47(50)51-59(5,55)56)43-34-27-20-25-32-41-49(54)58-46(37-29-22-17-14-11-7-2)38-30-23-18-15-12-8-3/h45-46H,6-44H2,1-5H3,(H2,50,51). The molecule has 0 amide bonds. The van der Waals surface area contributed by atoms with Crippen LogP contribution < -0.4 is 5.73 Å². The molecule has 0 saturated carbocycles. The maximum absolute atomic E-state index is 12.8. The van der Waals surface area contributed by atoms with Crippen molar-refractivity contribution in [3.8, 4) is 0 Å². The number of carbonyl (C=O) groups excluding carboxylic acids is 2. The highest BCUT2D eigenvalue weighted by Crippen LogP contribution is 2.19. The van der Waals surface area contributed by atoms with Gasteiger partial charge in [0.2, 0.25) is 0 Å². The number of nitrogens with two attached hydrogens (primary N) is 1. The Kier molecular flexibility index (Phi) is 40.5. The normalized spacial score (nSPS) is 12.8. The monoisotopic (exact) mass is 856 g/mol. The van der Waals surface area contributed by atoms with Crippen LogP contribution in [0.3, 0.4) is 0 Å². The van der Waals surface area contributed by atoms with Gasteiger partial charge < -0.3 is 20.1 Å². The van der Waals surface area contributed by atoms with Crippen molar-refractivity contribution in [1.82, 2.24) is 4.90 Å². The Hall–Kier alpha value is -1.68. The lowest BCUT2D eigenvalue weighted by atomic mass is 10.0. The number of carbonyl (C=O) groups is 2. The average Bonchev–Trinajstić information content (AvgIpc) is 3.19. The zero-order valence-electron chi connectivity index (χ0n) is 39.6. The Balaban J connectivity index is 4.56. The predicted octanol–water partition coefficient (Wildman–Crippen LogP) is 13.6. The van der Waals surface area contributed by atoms with E-state index in [1.54, 1.807) is 0 Å². The Bertz CT molecular complexity index is 1090. The predicted molar refractivity (Wildman–Crippen MR) is 252 cm³/mol. The molecule has 0 heterocycles. The third-order valence-electron chi connectivity index (χ3n) is 11.6. The van der Waals surface area contributed by atoms with Crippen LogP contribution in [-0.4, -0.2) is 69.2 Å². The van der Waals surface area contributed by atoms with Crippen LogP contribution in [0.15, 0.2) is 4.40 Å². The fourth-order valence-electron chi connectivity index (χ4n) is 7.90. The van der Waals surface area contributed by atoms with Crippen LogP contribution in [0.25, 0.3) is 0 Å². The van der Waals surface area contributed by atoms with Crippen LogP contribution in [0, 0.1) is 0 Å². The second-order valence-electron chi connectivity index (χ2n) is 17.6. The van der Waals surface area contributed by atoms with Gasteiger partial charge in [0.25, 0.3) is 10.0 Å². The smallest absolute Gasteiger partial charge is 0.306 e. The molecule has 59 heavy (non-hydrogen) atoms. The van der Waals surface area contributed by atoms with Crippen molar-refractivity contribution in [3.05, 3.63) is 0 Å². The number of sulfonamides is 1. The minimum Gasteiger partial charge on any atom is -0.462 e. The van der Waals surface area contributed by atoms with E-state index in [1.807, 2.05) is 0 Å². The number of rotatable bonds is 45. The van der Waals surface area contributed by atoms with Crippen LogP contribution in [-0.2, 0) is 29.1 Å². The molecule has 2 N–H and O–H groups in total. The van der Waals surface area contributed by atoms with E-state index >= 15 is 0 Å². The van der Waals surface area contributed by atoms with E-state index in [1.165, 1.54) is 96.3 Å². The van der Waals surface area contributed by atoms with Gasteiger partial charge in [-0.1, -0.05) is 163 Å². The summed E-state index contributed by atoms with van der Waals surface area (Å²) in [6.07, 6.45) is 40.6. The molecular weight excluding hydrogens is 759 g/mol. The SMILES string of the molecule is CCCCCCCCC(CC)OC(=O)CCCCCCCN(CCCCCCCC(=O)OC(CCCCCCCC)CCCCCCCC)CCC/C(N)=N\S(C)(=O)=O. The molecule has 10 heteroatoms. The van der Waals surface area contributed by atoms with Crippen LogP contribution >= 0.6 is 0 Å².